The minimum absolute atomic E-state index is 0.0156. The Balaban J connectivity index is 1.99. The molecule has 1 aliphatic heterocycles. The van der Waals surface area contributed by atoms with Crippen LogP contribution >= 0.6 is 11.6 Å². The Morgan fingerprint density at radius 3 is 2.33 bits per heavy atom. The fourth-order valence-corrected chi connectivity index (χ4v) is 4.95. The summed E-state index contributed by atoms with van der Waals surface area (Å²) in [6.07, 6.45) is 0.491. The van der Waals surface area contributed by atoms with Crippen LogP contribution in [0, 0.1) is 0 Å². The van der Waals surface area contributed by atoms with Crippen molar-refractivity contribution in [1.29, 1.82) is 0 Å². The van der Waals surface area contributed by atoms with Crippen molar-refractivity contribution < 1.29 is 27.8 Å². The highest BCUT2D eigenvalue weighted by atomic mass is 35.5. The highest BCUT2D eigenvalue weighted by molar-refractivity contribution is 7.89. The molecule has 2 aromatic rings. The maximum absolute atomic E-state index is 13.1. The van der Waals surface area contributed by atoms with Gasteiger partial charge in [-0.2, -0.15) is 4.31 Å². The second-order valence-electron chi connectivity index (χ2n) is 6.01. The first kappa shape index (κ1) is 19.5. The molecule has 144 valence electrons. The standard InChI is InChI=1S/C18H18ClNO6S/c1-25-15-7-11-5-6-20(10-13(11)8-16(15)26-2)27(23,24)17-9-12(18(21)22)3-4-14(17)19/h3-4,7-9H,5-6,10H2,1-2H3,(H,21,22). The SMILES string of the molecule is COc1cc2c(cc1OC)CN(S(=O)(=O)c1cc(C(=O)O)ccc1Cl)CC2. The summed E-state index contributed by atoms with van der Waals surface area (Å²) in [5.41, 5.74) is 1.64. The molecule has 7 nitrogen and oxygen atoms in total. The Kier molecular flexibility index (Phi) is 5.32. The molecule has 9 heteroatoms. The lowest BCUT2D eigenvalue weighted by molar-refractivity contribution is 0.0696. The molecule has 0 saturated heterocycles. The average Bonchev–Trinajstić information content (AvgIpc) is 2.66. The number of rotatable bonds is 5. The first-order valence-electron chi connectivity index (χ1n) is 8.04. The van der Waals surface area contributed by atoms with Gasteiger partial charge in [-0.25, -0.2) is 13.2 Å². The van der Waals surface area contributed by atoms with E-state index in [1.165, 1.54) is 23.5 Å². The van der Waals surface area contributed by atoms with E-state index in [-0.39, 0.29) is 28.6 Å². The number of aromatic carboxylic acids is 1. The van der Waals surface area contributed by atoms with Gasteiger partial charge in [0.2, 0.25) is 10.0 Å². The number of hydrogen-bond donors (Lipinski definition) is 1. The van der Waals surface area contributed by atoms with Crippen LogP contribution in [-0.4, -0.2) is 44.6 Å². The molecule has 0 aromatic heterocycles. The van der Waals surface area contributed by atoms with Gasteiger partial charge in [-0.1, -0.05) is 11.6 Å². The van der Waals surface area contributed by atoms with E-state index in [9.17, 15) is 13.2 Å². The summed E-state index contributed by atoms with van der Waals surface area (Å²) in [7, 11) is -0.905. The number of nitrogens with zero attached hydrogens (tertiary/aromatic N) is 1. The van der Waals surface area contributed by atoms with E-state index >= 15 is 0 Å². The quantitative estimate of drug-likeness (QED) is 0.813. The summed E-state index contributed by atoms with van der Waals surface area (Å²) in [6, 6.07) is 7.24. The Morgan fingerprint density at radius 1 is 1.11 bits per heavy atom. The zero-order valence-electron chi connectivity index (χ0n) is 14.7. The van der Waals surface area contributed by atoms with E-state index in [1.54, 1.807) is 13.2 Å². The Bertz CT molecular complexity index is 1010. The van der Waals surface area contributed by atoms with Crippen molar-refractivity contribution in [2.24, 2.45) is 0 Å². The van der Waals surface area contributed by atoms with Gasteiger partial charge in [0.1, 0.15) is 4.90 Å². The van der Waals surface area contributed by atoms with Gasteiger partial charge < -0.3 is 14.6 Å². The number of halogens is 1. The lowest BCUT2D eigenvalue weighted by atomic mass is 10.0. The molecule has 0 bridgehead atoms. The number of carboxylic acids is 1. The second kappa shape index (κ2) is 7.38. The Hall–Kier alpha value is -2.29. The number of ether oxygens (including phenoxy) is 2. The largest absolute Gasteiger partial charge is 0.493 e. The Morgan fingerprint density at radius 2 is 1.74 bits per heavy atom. The van der Waals surface area contributed by atoms with Crippen LogP contribution in [0.1, 0.15) is 21.5 Å². The molecule has 2 aromatic carbocycles. The van der Waals surface area contributed by atoms with E-state index in [0.717, 1.165) is 17.2 Å². The summed E-state index contributed by atoms with van der Waals surface area (Å²) < 4.78 is 38.0. The minimum atomic E-state index is -3.96. The summed E-state index contributed by atoms with van der Waals surface area (Å²) >= 11 is 6.06. The molecule has 0 aliphatic carbocycles. The van der Waals surface area contributed by atoms with Crippen molar-refractivity contribution in [3.8, 4) is 11.5 Å². The number of methoxy groups -OCH3 is 2. The number of benzene rings is 2. The fourth-order valence-electron chi connectivity index (χ4n) is 3.04. The van der Waals surface area contributed by atoms with Crippen LogP contribution in [0.5, 0.6) is 11.5 Å². The van der Waals surface area contributed by atoms with E-state index in [2.05, 4.69) is 0 Å². The van der Waals surface area contributed by atoms with Gasteiger partial charge in [-0.3, -0.25) is 0 Å². The van der Waals surface area contributed by atoms with Crippen molar-refractivity contribution in [1.82, 2.24) is 4.31 Å². The normalized spacial score (nSPS) is 14.5. The molecule has 1 aliphatic rings. The number of carboxylic acid groups (broad SMARTS) is 1. The summed E-state index contributed by atoms with van der Waals surface area (Å²) in [5, 5.41) is 9.12. The van der Waals surface area contributed by atoms with Crippen molar-refractivity contribution in [2.45, 2.75) is 17.9 Å². The third-order valence-electron chi connectivity index (χ3n) is 4.48. The summed E-state index contributed by atoms with van der Waals surface area (Å²) in [6.45, 7) is 0.379. The molecular formula is C18H18ClNO6S. The molecule has 0 radical (unpaired) electrons. The van der Waals surface area contributed by atoms with Crippen LogP contribution in [0.25, 0.3) is 0 Å². The molecule has 0 fully saturated rings. The predicted molar refractivity (Wildman–Crippen MR) is 99.3 cm³/mol. The lowest BCUT2D eigenvalue weighted by Gasteiger charge is -2.29. The molecule has 0 unspecified atom stereocenters. The lowest BCUT2D eigenvalue weighted by Crippen LogP contribution is -2.36. The van der Waals surface area contributed by atoms with Gasteiger partial charge in [0.25, 0.3) is 0 Å². The van der Waals surface area contributed by atoms with Crippen molar-refractivity contribution >= 4 is 27.6 Å². The van der Waals surface area contributed by atoms with Crippen LogP contribution in [0.4, 0.5) is 0 Å². The highest BCUT2D eigenvalue weighted by Crippen LogP contribution is 2.35. The van der Waals surface area contributed by atoms with E-state index in [1.807, 2.05) is 6.07 Å². The molecule has 3 rings (SSSR count). The van der Waals surface area contributed by atoms with Gasteiger partial charge >= 0.3 is 5.97 Å². The van der Waals surface area contributed by atoms with Crippen LogP contribution in [0.15, 0.2) is 35.2 Å². The van der Waals surface area contributed by atoms with E-state index in [0.29, 0.717) is 17.9 Å². The summed E-state index contributed by atoms with van der Waals surface area (Å²) in [4.78, 5) is 11.0. The molecule has 0 spiro atoms. The van der Waals surface area contributed by atoms with Gasteiger partial charge in [-0.05, 0) is 47.9 Å². The first-order valence-corrected chi connectivity index (χ1v) is 9.86. The third kappa shape index (κ3) is 3.60. The third-order valence-corrected chi connectivity index (χ3v) is 6.81. The van der Waals surface area contributed by atoms with Crippen LogP contribution < -0.4 is 9.47 Å². The van der Waals surface area contributed by atoms with Crippen molar-refractivity contribution in [3.63, 3.8) is 0 Å². The predicted octanol–water partition coefficient (Wildman–Crippen LogP) is 2.80. The van der Waals surface area contributed by atoms with Crippen LogP contribution in [0.2, 0.25) is 5.02 Å². The molecule has 0 atom stereocenters. The molecule has 0 amide bonds. The first-order chi connectivity index (χ1) is 12.8. The zero-order valence-corrected chi connectivity index (χ0v) is 16.3. The van der Waals surface area contributed by atoms with Crippen molar-refractivity contribution in [3.05, 3.63) is 52.0 Å². The number of fused-ring (bicyclic) bond motifs is 1. The monoisotopic (exact) mass is 411 g/mol. The van der Waals surface area contributed by atoms with Gasteiger partial charge in [-0.15, -0.1) is 0 Å². The molecular weight excluding hydrogens is 394 g/mol. The zero-order chi connectivity index (χ0) is 19.8. The van der Waals surface area contributed by atoms with Gasteiger partial charge in [0.15, 0.2) is 11.5 Å². The maximum Gasteiger partial charge on any atom is 0.335 e. The Labute approximate surface area is 162 Å². The molecule has 27 heavy (non-hydrogen) atoms. The van der Waals surface area contributed by atoms with Crippen LogP contribution in [-0.2, 0) is 23.0 Å². The van der Waals surface area contributed by atoms with E-state index < -0.39 is 16.0 Å². The minimum Gasteiger partial charge on any atom is -0.493 e. The average molecular weight is 412 g/mol. The second-order valence-corrected chi connectivity index (χ2v) is 8.33. The summed E-state index contributed by atoms with van der Waals surface area (Å²) in [5.74, 6) is -0.116. The topological polar surface area (TPSA) is 93.1 Å². The highest BCUT2D eigenvalue weighted by Gasteiger charge is 2.31. The van der Waals surface area contributed by atoms with E-state index in [4.69, 9.17) is 26.2 Å². The maximum atomic E-state index is 13.1. The number of carbonyl (C=O) groups is 1. The van der Waals surface area contributed by atoms with Crippen molar-refractivity contribution in [2.75, 3.05) is 20.8 Å². The number of sulfonamides is 1. The fraction of sp³-hybridized carbons (Fsp3) is 0.278. The molecule has 1 N–H and O–H groups in total. The molecule has 1 heterocycles. The smallest absolute Gasteiger partial charge is 0.335 e. The van der Waals surface area contributed by atoms with Crippen LogP contribution in [0.3, 0.4) is 0 Å². The van der Waals surface area contributed by atoms with Gasteiger partial charge in [0, 0.05) is 13.1 Å². The van der Waals surface area contributed by atoms with Gasteiger partial charge in [0.05, 0.1) is 24.8 Å². The number of hydrogen-bond acceptors (Lipinski definition) is 5. The molecule has 0 saturated carbocycles.